The molecule has 0 unspecified atom stereocenters. The molecule has 226 valence electrons. The average Bonchev–Trinajstić information content (AvgIpc) is 3.44. The van der Waals surface area contributed by atoms with E-state index in [2.05, 4.69) is 182 Å². The predicted octanol–water partition coefficient (Wildman–Crippen LogP) is 12.5. The monoisotopic (exact) mass is 622 g/mol. The van der Waals surface area contributed by atoms with Gasteiger partial charge in [-0.25, -0.2) is 0 Å². The number of hydrogen-bond acceptors (Lipinski definition) is 2. The molecule has 0 amide bonds. The number of aromatic nitrogens is 1. The van der Waals surface area contributed by atoms with Gasteiger partial charge in [-0.15, -0.1) is 0 Å². The lowest BCUT2D eigenvalue weighted by Crippen LogP contribution is -2.24. The topological polar surface area (TPSA) is 8.17 Å². The summed E-state index contributed by atoms with van der Waals surface area (Å²) in [5, 5.41) is 5.06. The Morgan fingerprint density at radius 1 is 0.532 bits per heavy atom. The first kappa shape index (κ1) is 28.0. The molecule has 7 aromatic carbocycles. The van der Waals surface area contributed by atoms with Gasteiger partial charge in [0.15, 0.2) is 0 Å². The number of para-hydroxylation sites is 1. The summed E-state index contributed by atoms with van der Waals surface area (Å²) in [6, 6.07) is 55.8. The Bertz CT molecular complexity index is 2470. The van der Waals surface area contributed by atoms with Crippen molar-refractivity contribution in [1.82, 2.24) is 4.57 Å². The fourth-order valence-electron chi connectivity index (χ4n) is 7.50. The van der Waals surface area contributed by atoms with Gasteiger partial charge in [-0.1, -0.05) is 116 Å². The van der Waals surface area contributed by atoms with Crippen molar-refractivity contribution in [1.29, 1.82) is 0 Å². The lowest BCUT2D eigenvalue weighted by atomic mass is 9.77. The summed E-state index contributed by atoms with van der Waals surface area (Å²) in [5.41, 5.74) is 11.0. The van der Waals surface area contributed by atoms with Crippen molar-refractivity contribution >= 4 is 61.4 Å². The Labute approximate surface area is 279 Å². The number of rotatable bonds is 4. The van der Waals surface area contributed by atoms with Crippen LogP contribution in [0.1, 0.15) is 30.5 Å². The highest BCUT2D eigenvalue weighted by Crippen LogP contribution is 2.51. The zero-order valence-corrected chi connectivity index (χ0v) is 27.6. The minimum Gasteiger partial charge on any atom is -0.310 e. The Morgan fingerprint density at radius 2 is 1.19 bits per heavy atom. The molecule has 0 bridgehead atoms. The summed E-state index contributed by atoms with van der Waals surface area (Å²) >= 11 is 1.89. The van der Waals surface area contributed by atoms with Gasteiger partial charge in [0.05, 0.1) is 11.0 Å². The van der Waals surface area contributed by atoms with Crippen LogP contribution in [0.2, 0.25) is 0 Å². The Morgan fingerprint density at radius 3 is 2.04 bits per heavy atom. The molecule has 0 saturated heterocycles. The molecule has 0 atom stereocenters. The van der Waals surface area contributed by atoms with Crippen molar-refractivity contribution in [3.05, 3.63) is 168 Å². The number of fused-ring (bicyclic) bond motifs is 7. The van der Waals surface area contributed by atoms with Crippen molar-refractivity contribution in [3.63, 3.8) is 0 Å². The average molecular weight is 623 g/mol. The van der Waals surface area contributed by atoms with Gasteiger partial charge in [0.25, 0.3) is 0 Å². The Hall–Kier alpha value is -5.25. The summed E-state index contributed by atoms with van der Waals surface area (Å²) in [5.74, 6) is 0. The molecular weight excluding hydrogens is 589 g/mol. The Kier molecular flexibility index (Phi) is 6.35. The molecule has 2 nitrogen and oxygen atoms in total. The second-order valence-electron chi connectivity index (χ2n) is 13.1. The molecule has 0 spiro atoms. The smallest absolute Gasteiger partial charge is 0.0547 e. The van der Waals surface area contributed by atoms with Crippen LogP contribution in [0.15, 0.2) is 161 Å². The highest BCUT2D eigenvalue weighted by molar-refractivity contribution is 7.99. The van der Waals surface area contributed by atoms with E-state index in [0.29, 0.717) is 0 Å². The molecule has 2 heterocycles. The van der Waals surface area contributed by atoms with Crippen LogP contribution in [-0.2, 0) is 5.41 Å². The first-order valence-electron chi connectivity index (χ1n) is 16.3. The maximum atomic E-state index is 2.42. The van der Waals surface area contributed by atoms with Gasteiger partial charge in [-0.3, -0.25) is 0 Å². The fraction of sp³-hybridized carbons (Fsp3) is 0.0909. The van der Waals surface area contributed by atoms with E-state index >= 15 is 0 Å². The van der Waals surface area contributed by atoms with E-state index in [1.54, 1.807) is 0 Å². The van der Waals surface area contributed by atoms with Crippen LogP contribution in [0.25, 0.3) is 38.3 Å². The largest absolute Gasteiger partial charge is 0.310 e. The van der Waals surface area contributed by atoms with Crippen molar-refractivity contribution in [3.8, 4) is 5.69 Å². The van der Waals surface area contributed by atoms with Gasteiger partial charge < -0.3 is 9.47 Å². The number of benzene rings is 7. The maximum Gasteiger partial charge on any atom is 0.0547 e. The molecule has 47 heavy (non-hydrogen) atoms. The van der Waals surface area contributed by atoms with E-state index in [0.717, 1.165) is 17.1 Å². The summed E-state index contributed by atoms with van der Waals surface area (Å²) in [7, 11) is 0. The van der Waals surface area contributed by atoms with Crippen molar-refractivity contribution in [2.45, 2.75) is 36.0 Å². The van der Waals surface area contributed by atoms with Gasteiger partial charge in [-0.2, -0.15) is 0 Å². The summed E-state index contributed by atoms with van der Waals surface area (Å²) < 4.78 is 2.41. The van der Waals surface area contributed by atoms with Crippen molar-refractivity contribution in [2.24, 2.45) is 0 Å². The molecule has 9 rings (SSSR count). The lowest BCUT2D eigenvalue weighted by molar-refractivity contribution is 0.607. The van der Waals surface area contributed by atoms with E-state index < -0.39 is 0 Å². The summed E-state index contributed by atoms with van der Waals surface area (Å²) in [6.07, 6.45) is 0. The molecule has 0 fully saturated rings. The highest BCUT2D eigenvalue weighted by Gasteiger charge is 2.33. The van der Waals surface area contributed by atoms with E-state index in [9.17, 15) is 0 Å². The highest BCUT2D eigenvalue weighted by atomic mass is 32.2. The molecular formula is C44H34N2S. The van der Waals surface area contributed by atoms with Crippen molar-refractivity contribution in [2.75, 3.05) is 4.90 Å². The zero-order valence-electron chi connectivity index (χ0n) is 26.7. The third-order valence-corrected chi connectivity index (χ3v) is 11.0. The third-order valence-electron chi connectivity index (χ3n) is 9.88. The number of hydrogen-bond donors (Lipinski definition) is 0. The van der Waals surface area contributed by atoms with E-state index in [-0.39, 0.29) is 5.41 Å². The van der Waals surface area contributed by atoms with E-state index in [4.69, 9.17) is 0 Å². The van der Waals surface area contributed by atoms with Gasteiger partial charge in [0, 0.05) is 48.7 Å². The molecule has 0 aliphatic carbocycles. The SMILES string of the molecule is Cc1ccc(N(c2ccc3c(c2)Sc2ccccc2C3(C)C)c2ccc3c(c2)c2c4ccccc4ccc2n3-c2ccccc2)cc1. The molecule has 1 aliphatic heterocycles. The molecule has 3 heteroatoms. The second kappa shape index (κ2) is 10.7. The first-order chi connectivity index (χ1) is 23.0. The fourth-order valence-corrected chi connectivity index (χ4v) is 8.93. The number of nitrogens with zero attached hydrogens (tertiary/aromatic N) is 2. The first-order valence-corrected chi connectivity index (χ1v) is 17.1. The molecule has 0 saturated carbocycles. The predicted molar refractivity (Wildman–Crippen MR) is 200 cm³/mol. The molecule has 1 aliphatic rings. The molecule has 1 aromatic heterocycles. The third kappa shape index (κ3) is 4.41. The van der Waals surface area contributed by atoms with Gasteiger partial charge in [0.1, 0.15) is 0 Å². The van der Waals surface area contributed by atoms with Crippen LogP contribution < -0.4 is 4.90 Å². The lowest BCUT2D eigenvalue weighted by Gasteiger charge is -2.35. The molecule has 0 radical (unpaired) electrons. The summed E-state index contributed by atoms with van der Waals surface area (Å²) in [4.78, 5) is 5.08. The van der Waals surface area contributed by atoms with Gasteiger partial charge >= 0.3 is 0 Å². The minimum atomic E-state index is -0.0658. The second-order valence-corrected chi connectivity index (χ2v) is 14.2. The van der Waals surface area contributed by atoms with Crippen LogP contribution in [0.4, 0.5) is 17.1 Å². The Balaban J connectivity index is 1.29. The van der Waals surface area contributed by atoms with Crippen molar-refractivity contribution < 1.29 is 0 Å². The zero-order chi connectivity index (χ0) is 31.7. The van der Waals surface area contributed by atoms with Crippen LogP contribution in [0.3, 0.4) is 0 Å². The van der Waals surface area contributed by atoms with Crippen LogP contribution in [0.5, 0.6) is 0 Å². The maximum absolute atomic E-state index is 2.42. The summed E-state index contributed by atoms with van der Waals surface area (Å²) in [6.45, 7) is 6.85. The molecule has 0 N–H and O–H groups in total. The quantitative estimate of drug-likeness (QED) is 0.193. The standard InChI is InChI=1S/C44H34N2S/c1-29-17-20-32(21-18-29)45(34-22-24-38-42(28-34)47-41-16-10-9-15-37(41)44(38,2)3)33-23-26-39-36(27-33)43-35-14-8-7-11-30(35)19-25-40(43)46(39)31-12-5-4-6-13-31/h4-28H,1-3H3. The normalized spacial score (nSPS) is 13.5. The van der Waals surface area contributed by atoms with Gasteiger partial charge in [-0.05, 0) is 95.6 Å². The van der Waals surface area contributed by atoms with Crippen LogP contribution in [0, 0.1) is 6.92 Å². The minimum absolute atomic E-state index is 0.0658. The van der Waals surface area contributed by atoms with E-state index in [1.807, 2.05) is 11.8 Å². The number of aryl methyl sites for hydroxylation is 1. The molecule has 8 aromatic rings. The number of anilines is 3. The van der Waals surface area contributed by atoms with Crippen LogP contribution in [-0.4, -0.2) is 4.57 Å². The van der Waals surface area contributed by atoms with Gasteiger partial charge in [0.2, 0.25) is 0 Å². The van der Waals surface area contributed by atoms with Crippen LogP contribution >= 0.6 is 11.8 Å². The van der Waals surface area contributed by atoms with E-state index in [1.165, 1.54) is 64.7 Å².